The van der Waals surface area contributed by atoms with Gasteiger partial charge in [0.05, 0.1) is 6.04 Å². The minimum absolute atomic E-state index is 0.00226. The van der Waals surface area contributed by atoms with E-state index in [0.29, 0.717) is 11.6 Å². The summed E-state index contributed by atoms with van der Waals surface area (Å²) in [5, 5.41) is 3.54. The van der Waals surface area contributed by atoms with Crippen molar-refractivity contribution >= 4 is 17.3 Å². The molecule has 0 unspecified atom stereocenters. The number of hydrogen-bond donors (Lipinski definition) is 1. The highest BCUT2D eigenvalue weighted by atomic mass is 16.2. The largest absolute Gasteiger partial charge is 0.382 e. The quantitative estimate of drug-likeness (QED) is 0.702. The number of carbonyl (C=O) groups excluding carboxylic acids is 1. The predicted octanol–water partition coefficient (Wildman–Crippen LogP) is 5.28. The van der Waals surface area contributed by atoms with Gasteiger partial charge in [-0.3, -0.25) is 4.79 Å². The van der Waals surface area contributed by atoms with Gasteiger partial charge in [0.1, 0.15) is 0 Å². The molecule has 1 heterocycles. The van der Waals surface area contributed by atoms with E-state index < -0.39 is 0 Å². The van der Waals surface area contributed by atoms with E-state index in [2.05, 4.69) is 24.4 Å². The Hall–Kier alpha value is -3.07. The maximum atomic E-state index is 13.5. The van der Waals surface area contributed by atoms with Crippen molar-refractivity contribution in [1.82, 2.24) is 0 Å². The Kier molecular flexibility index (Phi) is 4.44. The highest BCUT2D eigenvalue weighted by Gasteiger charge is 2.33. The van der Waals surface area contributed by atoms with Crippen LogP contribution in [0.15, 0.2) is 84.9 Å². The molecule has 1 N–H and O–H groups in total. The monoisotopic (exact) mass is 342 g/mol. The lowest BCUT2D eigenvalue weighted by atomic mass is 9.91. The molecule has 1 aliphatic rings. The molecule has 0 saturated heterocycles. The fraction of sp³-hybridized carbons (Fsp3) is 0.174. The average Bonchev–Trinajstić information content (AvgIpc) is 2.69. The zero-order valence-electron chi connectivity index (χ0n) is 14.8. The van der Waals surface area contributed by atoms with Crippen LogP contribution in [0.4, 0.5) is 11.4 Å². The number of nitrogens with zero attached hydrogens (tertiary/aromatic N) is 1. The Labute approximate surface area is 154 Å². The van der Waals surface area contributed by atoms with Crippen LogP contribution in [-0.4, -0.2) is 11.9 Å². The van der Waals surface area contributed by atoms with Crippen LogP contribution < -0.4 is 10.2 Å². The molecule has 1 aliphatic heterocycles. The van der Waals surface area contributed by atoms with Gasteiger partial charge in [-0.1, -0.05) is 54.6 Å². The van der Waals surface area contributed by atoms with Gasteiger partial charge in [-0.25, -0.2) is 0 Å². The summed E-state index contributed by atoms with van der Waals surface area (Å²) in [6.45, 7) is 2.17. The summed E-state index contributed by atoms with van der Waals surface area (Å²) in [5.74, 6) is 0.0331. The molecule has 2 atom stereocenters. The van der Waals surface area contributed by atoms with Crippen molar-refractivity contribution in [2.75, 3.05) is 10.2 Å². The summed E-state index contributed by atoms with van der Waals surface area (Å²) >= 11 is 0. The third-order valence-corrected chi connectivity index (χ3v) is 4.88. The molecule has 3 aromatic rings. The Bertz CT molecular complexity index is 892. The fourth-order valence-electron chi connectivity index (χ4n) is 3.70. The number of rotatable bonds is 3. The van der Waals surface area contributed by atoms with Gasteiger partial charge in [0, 0.05) is 23.0 Å². The van der Waals surface area contributed by atoms with E-state index in [9.17, 15) is 4.79 Å². The second-order valence-corrected chi connectivity index (χ2v) is 6.76. The van der Waals surface area contributed by atoms with Crippen molar-refractivity contribution in [3.8, 4) is 0 Å². The lowest BCUT2D eigenvalue weighted by Crippen LogP contribution is -2.40. The minimum atomic E-state index is -0.00226. The van der Waals surface area contributed by atoms with E-state index in [-0.39, 0.29) is 11.9 Å². The van der Waals surface area contributed by atoms with Crippen LogP contribution in [0.1, 0.15) is 35.3 Å². The standard InChI is InChI=1S/C23H22N2O/c1-17-16-22(20-14-8-9-15-21(20)24-17)25(19-12-6-3-7-13-19)23(26)18-10-4-2-5-11-18/h2-15,17,22,24H,16H2,1H3/t17-,22+/m1/s1. The number of fused-ring (bicyclic) bond motifs is 1. The minimum Gasteiger partial charge on any atom is -0.382 e. The van der Waals surface area contributed by atoms with E-state index in [1.54, 1.807) is 0 Å². The van der Waals surface area contributed by atoms with Crippen LogP contribution in [0.5, 0.6) is 0 Å². The Morgan fingerprint density at radius 3 is 2.23 bits per heavy atom. The molecule has 3 nitrogen and oxygen atoms in total. The predicted molar refractivity (Wildman–Crippen MR) is 107 cm³/mol. The van der Waals surface area contributed by atoms with Crippen molar-refractivity contribution in [2.24, 2.45) is 0 Å². The number of amides is 1. The van der Waals surface area contributed by atoms with Crippen LogP contribution in [0, 0.1) is 0 Å². The first kappa shape index (κ1) is 16.4. The molecule has 3 heteroatoms. The molecule has 130 valence electrons. The molecular weight excluding hydrogens is 320 g/mol. The van der Waals surface area contributed by atoms with Crippen LogP contribution in [0.25, 0.3) is 0 Å². The number of nitrogens with one attached hydrogen (secondary N) is 1. The van der Waals surface area contributed by atoms with E-state index in [0.717, 1.165) is 17.8 Å². The van der Waals surface area contributed by atoms with Crippen LogP contribution in [0.2, 0.25) is 0 Å². The summed E-state index contributed by atoms with van der Waals surface area (Å²) in [7, 11) is 0. The highest BCUT2D eigenvalue weighted by molar-refractivity contribution is 6.06. The third-order valence-electron chi connectivity index (χ3n) is 4.88. The second-order valence-electron chi connectivity index (χ2n) is 6.76. The molecule has 0 radical (unpaired) electrons. The zero-order chi connectivity index (χ0) is 17.9. The summed E-state index contributed by atoms with van der Waals surface area (Å²) in [6, 6.07) is 28.1. The second kappa shape index (κ2) is 7.04. The van der Waals surface area contributed by atoms with Gasteiger partial charge in [-0.2, -0.15) is 0 Å². The fourth-order valence-corrected chi connectivity index (χ4v) is 3.70. The lowest BCUT2D eigenvalue weighted by molar-refractivity contribution is 0.0974. The van der Waals surface area contributed by atoms with Crippen molar-refractivity contribution in [3.05, 3.63) is 96.1 Å². The van der Waals surface area contributed by atoms with Gasteiger partial charge in [0.15, 0.2) is 0 Å². The molecule has 4 rings (SSSR count). The topological polar surface area (TPSA) is 32.3 Å². The lowest BCUT2D eigenvalue weighted by Gasteiger charge is -2.39. The Morgan fingerprint density at radius 2 is 1.50 bits per heavy atom. The summed E-state index contributed by atoms with van der Waals surface area (Å²) in [4.78, 5) is 15.4. The normalized spacial score (nSPS) is 18.5. The molecule has 26 heavy (non-hydrogen) atoms. The number of para-hydroxylation sites is 2. The smallest absolute Gasteiger partial charge is 0.258 e. The van der Waals surface area contributed by atoms with Gasteiger partial charge in [0.2, 0.25) is 0 Å². The molecule has 0 aromatic heterocycles. The van der Waals surface area contributed by atoms with E-state index in [4.69, 9.17) is 0 Å². The van der Waals surface area contributed by atoms with Gasteiger partial charge in [-0.15, -0.1) is 0 Å². The zero-order valence-corrected chi connectivity index (χ0v) is 14.8. The Balaban J connectivity index is 1.83. The molecule has 0 spiro atoms. The maximum Gasteiger partial charge on any atom is 0.258 e. The number of benzene rings is 3. The summed E-state index contributed by atoms with van der Waals surface area (Å²) < 4.78 is 0. The third kappa shape index (κ3) is 3.08. The van der Waals surface area contributed by atoms with Gasteiger partial charge < -0.3 is 10.2 Å². The van der Waals surface area contributed by atoms with Crippen molar-refractivity contribution in [2.45, 2.75) is 25.4 Å². The van der Waals surface area contributed by atoms with Crippen LogP contribution in [0.3, 0.4) is 0 Å². The van der Waals surface area contributed by atoms with Crippen molar-refractivity contribution in [1.29, 1.82) is 0 Å². The molecule has 1 amide bonds. The average molecular weight is 342 g/mol. The van der Waals surface area contributed by atoms with Crippen LogP contribution >= 0.6 is 0 Å². The van der Waals surface area contributed by atoms with Crippen LogP contribution in [-0.2, 0) is 0 Å². The molecule has 0 bridgehead atoms. The highest BCUT2D eigenvalue weighted by Crippen LogP contribution is 2.39. The molecule has 3 aromatic carbocycles. The van der Waals surface area contributed by atoms with E-state index in [1.165, 1.54) is 5.56 Å². The number of carbonyl (C=O) groups is 1. The maximum absolute atomic E-state index is 13.5. The number of anilines is 2. The van der Waals surface area contributed by atoms with Crippen molar-refractivity contribution < 1.29 is 4.79 Å². The van der Waals surface area contributed by atoms with Gasteiger partial charge in [0.25, 0.3) is 5.91 Å². The Morgan fingerprint density at radius 1 is 0.885 bits per heavy atom. The molecule has 0 saturated carbocycles. The first-order chi connectivity index (χ1) is 12.7. The molecular formula is C23H22N2O. The van der Waals surface area contributed by atoms with E-state index in [1.807, 2.05) is 77.7 Å². The first-order valence-electron chi connectivity index (χ1n) is 9.03. The SMILES string of the molecule is C[C@@H]1C[C@H](N(C(=O)c2ccccc2)c2ccccc2)c2ccccc2N1. The van der Waals surface area contributed by atoms with Gasteiger partial charge >= 0.3 is 0 Å². The first-order valence-corrected chi connectivity index (χ1v) is 9.03. The van der Waals surface area contributed by atoms with Crippen molar-refractivity contribution in [3.63, 3.8) is 0 Å². The molecule has 0 aliphatic carbocycles. The number of hydrogen-bond acceptors (Lipinski definition) is 2. The summed E-state index contributed by atoms with van der Waals surface area (Å²) in [5.41, 5.74) is 3.91. The van der Waals surface area contributed by atoms with Gasteiger partial charge in [-0.05, 0) is 49.2 Å². The van der Waals surface area contributed by atoms with E-state index >= 15 is 0 Å². The molecule has 0 fully saturated rings. The summed E-state index contributed by atoms with van der Waals surface area (Å²) in [6.07, 6.45) is 0.866.